The van der Waals surface area contributed by atoms with Gasteiger partial charge in [0, 0.05) is 19.3 Å². The molecule has 1 fully saturated rings. The Morgan fingerprint density at radius 3 is 2.63 bits per heavy atom. The maximum absolute atomic E-state index is 15.1. The fourth-order valence-corrected chi connectivity index (χ4v) is 4.72. The number of hydrogen-bond donors (Lipinski definition) is 3. The van der Waals surface area contributed by atoms with Gasteiger partial charge in [-0.15, -0.1) is 0 Å². The fraction of sp³-hybridized carbons (Fsp3) is 0.370. The lowest BCUT2D eigenvalue weighted by Gasteiger charge is -2.36. The molecule has 1 aliphatic carbocycles. The van der Waals surface area contributed by atoms with E-state index < -0.39 is 46.8 Å². The Hall–Kier alpha value is -3.54. The highest BCUT2D eigenvalue weighted by molar-refractivity contribution is 6.03. The van der Waals surface area contributed by atoms with Gasteiger partial charge >= 0.3 is 0 Å². The molecule has 1 aromatic carbocycles. The number of benzene rings is 1. The minimum absolute atomic E-state index is 0.00602. The van der Waals surface area contributed by atoms with Gasteiger partial charge in [-0.1, -0.05) is 6.92 Å². The van der Waals surface area contributed by atoms with E-state index in [2.05, 4.69) is 15.3 Å². The molecule has 11 heteroatoms. The van der Waals surface area contributed by atoms with Crippen LogP contribution in [0.25, 0.3) is 11.3 Å². The molecule has 0 spiro atoms. The Morgan fingerprint density at radius 2 is 1.89 bits per heavy atom. The zero-order valence-corrected chi connectivity index (χ0v) is 21.0. The number of aliphatic hydroxyl groups excluding tert-OH is 1. The quantitative estimate of drug-likeness (QED) is 0.376. The Labute approximate surface area is 218 Å². The number of ether oxygens (including phenoxy) is 2. The summed E-state index contributed by atoms with van der Waals surface area (Å²) in [6.07, 6.45) is 3.62. The lowest BCUT2D eigenvalue weighted by Crippen LogP contribution is -2.44. The molecule has 4 N–H and O–H groups in total. The zero-order valence-electron chi connectivity index (χ0n) is 21.0. The second-order valence-electron chi connectivity index (χ2n) is 9.32. The van der Waals surface area contributed by atoms with Crippen molar-refractivity contribution in [1.29, 1.82) is 0 Å². The van der Waals surface area contributed by atoms with Crippen LogP contribution in [0.2, 0.25) is 0 Å². The zero-order chi connectivity index (χ0) is 27.4. The van der Waals surface area contributed by atoms with E-state index in [1.807, 2.05) is 6.92 Å². The molecule has 1 saturated carbocycles. The average molecular weight is 531 g/mol. The van der Waals surface area contributed by atoms with E-state index in [0.717, 1.165) is 29.8 Å². The van der Waals surface area contributed by atoms with Gasteiger partial charge in [-0.3, -0.25) is 9.78 Å². The van der Waals surface area contributed by atoms with E-state index in [1.165, 1.54) is 13.3 Å². The number of methoxy groups -OCH3 is 1. The normalized spacial score (nSPS) is 21.2. The number of nitrogens with one attached hydrogen (secondary N) is 1. The Balaban J connectivity index is 1.62. The molecule has 0 bridgehead atoms. The van der Waals surface area contributed by atoms with Crippen LogP contribution in [0, 0.1) is 23.4 Å². The van der Waals surface area contributed by atoms with Crippen LogP contribution in [0.15, 0.2) is 42.7 Å². The van der Waals surface area contributed by atoms with Crippen molar-refractivity contribution < 1.29 is 32.5 Å². The van der Waals surface area contributed by atoms with E-state index in [4.69, 9.17) is 15.2 Å². The predicted octanol–water partition coefficient (Wildman–Crippen LogP) is 4.04. The van der Waals surface area contributed by atoms with Gasteiger partial charge in [0.1, 0.15) is 29.6 Å². The third kappa shape index (κ3) is 5.79. The molecule has 0 unspecified atom stereocenters. The van der Waals surface area contributed by atoms with Crippen LogP contribution < -0.4 is 15.8 Å². The van der Waals surface area contributed by atoms with Gasteiger partial charge in [0.25, 0.3) is 5.91 Å². The van der Waals surface area contributed by atoms with Crippen LogP contribution in [0.4, 0.5) is 18.9 Å². The maximum atomic E-state index is 15.1. The number of hydrogen-bond acceptors (Lipinski definition) is 7. The fourth-order valence-electron chi connectivity index (χ4n) is 4.72. The molecule has 8 nitrogen and oxygen atoms in total. The van der Waals surface area contributed by atoms with Gasteiger partial charge in [0.2, 0.25) is 0 Å². The van der Waals surface area contributed by atoms with Gasteiger partial charge in [0.05, 0.1) is 30.2 Å². The molecule has 202 valence electrons. The molecule has 1 aliphatic rings. The van der Waals surface area contributed by atoms with Crippen molar-refractivity contribution in [3.63, 3.8) is 0 Å². The number of amides is 1. The Bertz CT molecular complexity index is 1300. The smallest absolute Gasteiger partial charge is 0.274 e. The molecule has 4 rings (SSSR count). The third-order valence-electron chi connectivity index (χ3n) is 6.69. The summed E-state index contributed by atoms with van der Waals surface area (Å²) in [7, 11) is 1.44. The summed E-state index contributed by atoms with van der Waals surface area (Å²) >= 11 is 0. The summed E-state index contributed by atoms with van der Waals surface area (Å²) < 4.78 is 54.6. The van der Waals surface area contributed by atoms with Gasteiger partial charge < -0.3 is 25.6 Å². The Kier molecular flexibility index (Phi) is 8.60. The number of aliphatic hydroxyl groups is 1. The van der Waals surface area contributed by atoms with Gasteiger partial charge in [-0.25, -0.2) is 18.2 Å². The summed E-state index contributed by atoms with van der Waals surface area (Å²) in [6.45, 7) is 2.07. The van der Waals surface area contributed by atoms with Crippen LogP contribution >= 0.6 is 0 Å². The van der Waals surface area contributed by atoms with Crippen molar-refractivity contribution in [2.24, 2.45) is 11.7 Å². The number of nitrogens with two attached hydrogens (primary N) is 1. The third-order valence-corrected chi connectivity index (χ3v) is 6.69. The molecule has 0 aliphatic heterocycles. The minimum Gasteiger partial charge on any atom is -0.488 e. The second kappa shape index (κ2) is 11.9. The molecule has 3 aromatic rings. The molecular formula is C27H29F3N4O4. The summed E-state index contributed by atoms with van der Waals surface area (Å²) in [4.78, 5) is 21.2. The van der Waals surface area contributed by atoms with Crippen LogP contribution in [0.1, 0.15) is 41.7 Å². The topological polar surface area (TPSA) is 120 Å². The highest BCUT2D eigenvalue weighted by Crippen LogP contribution is 2.39. The summed E-state index contributed by atoms with van der Waals surface area (Å²) in [5.41, 5.74) is 5.62. The predicted molar refractivity (Wildman–Crippen MR) is 134 cm³/mol. The number of carbonyl (C=O) groups is 1. The first kappa shape index (κ1) is 27.5. The maximum Gasteiger partial charge on any atom is 0.274 e. The molecular weight excluding hydrogens is 501 g/mol. The minimum atomic E-state index is -1.15. The highest BCUT2D eigenvalue weighted by atomic mass is 19.1. The highest BCUT2D eigenvalue weighted by Gasteiger charge is 2.34. The number of pyridine rings is 2. The number of carbonyl (C=O) groups excluding carboxylic acids is 1. The van der Waals surface area contributed by atoms with Crippen molar-refractivity contribution in [1.82, 2.24) is 9.97 Å². The number of anilines is 1. The van der Waals surface area contributed by atoms with E-state index in [0.29, 0.717) is 18.5 Å². The lowest BCUT2D eigenvalue weighted by molar-refractivity contribution is 0.0521. The first-order valence-electron chi connectivity index (χ1n) is 12.2. The number of halogens is 3. The van der Waals surface area contributed by atoms with Gasteiger partial charge in [-0.2, -0.15) is 0 Å². The van der Waals surface area contributed by atoms with Gasteiger partial charge in [-0.05, 0) is 60.6 Å². The SMILES string of the molecule is COCCOc1ccc(F)c(-c2nc(C(=O)Nc3cnccc3[C@H]3C[C@@H](N)[C@H](O)[C@@H](C)C3)ccc2F)c1F. The van der Waals surface area contributed by atoms with E-state index in [9.17, 15) is 18.7 Å². The molecule has 4 atom stereocenters. The standard InChI is InChI=1S/C27H29F3N4O4/c1-14-11-15(12-19(31)26(14)35)16-7-8-32-13-21(16)34-27(36)20-5-3-18(29)25(33-20)23-17(28)4-6-22(24(23)30)38-10-9-37-2/h3-8,13-15,19,26,35H,9-12,31H2,1-2H3,(H,34,36)/t14-,15+,19+,26+/m0/s1. The molecule has 0 radical (unpaired) electrons. The van der Waals surface area contributed by atoms with E-state index in [-0.39, 0.29) is 36.5 Å². The van der Waals surface area contributed by atoms with Crippen molar-refractivity contribution in [3.05, 3.63) is 71.4 Å². The second-order valence-corrected chi connectivity index (χ2v) is 9.32. The van der Waals surface area contributed by atoms with Crippen molar-refractivity contribution in [3.8, 4) is 17.0 Å². The summed E-state index contributed by atoms with van der Waals surface area (Å²) in [5, 5.41) is 12.9. The summed E-state index contributed by atoms with van der Waals surface area (Å²) in [5.74, 6) is -4.33. The van der Waals surface area contributed by atoms with E-state index in [1.54, 1.807) is 12.3 Å². The molecule has 38 heavy (non-hydrogen) atoms. The molecule has 2 aromatic heterocycles. The first-order valence-corrected chi connectivity index (χ1v) is 12.2. The lowest BCUT2D eigenvalue weighted by atomic mass is 9.74. The molecule has 2 heterocycles. The molecule has 0 saturated heterocycles. The van der Waals surface area contributed by atoms with Crippen molar-refractivity contribution in [2.75, 3.05) is 25.6 Å². The number of rotatable bonds is 8. The van der Waals surface area contributed by atoms with Crippen LogP contribution in [0.3, 0.4) is 0 Å². The number of aromatic nitrogens is 2. The van der Waals surface area contributed by atoms with Crippen LogP contribution in [-0.2, 0) is 4.74 Å². The number of nitrogens with zero attached hydrogens (tertiary/aromatic N) is 2. The van der Waals surface area contributed by atoms with Crippen LogP contribution in [-0.4, -0.2) is 53.5 Å². The largest absolute Gasteiger partial charge is 0.488 e. The van der Waals surface area contributed by atoms with Gasteiger partial charge in [0.15, 0.2) is 11.6 Å². The van der Waals surface area contributed by atoms with E-state index >= 15 is 4.39 Å². The Morgan fingerprint density at radius 1 is 1.13 bits per heavy atom. The van der Waals surface area contributed by atoms with Crippen LogP contribution in [0.5, 0.6) is 5.75 Å². The van der Waals surface area contributed by atoms with Crippen molar-refractivity contribution in [2.45, 2.75) is 37.8 Å². The molecule has 1 amide bonds. The van der Waals surface area contributed by atoms with Crippen molar-refractivity contribution >= 4 is 11.6 Å². The monoisotopic (exact) mass is 530 g/mol. The first-order chi connectivity index (χ1) is 18.2. The summed E-state index contributed by atoms with van der Waals surface area (Å²) in [6, 6.07) is 5.40. The average Bonchev–Trinajstić information content (AvgIpc) is 2.89.